The molecule has 1 aliphatic carbocycles. The number of hydrogen-bond acceptors (Lipinski definition) is 2. The van der Waals surface area contributed by atoms with Gasteiger partial charge in [-0.3, -0.25) is 0 Å². The van der Waals surface area contributed by atoms with Crippen LogP contribution in [-0.2, 0) is 19.3 Å². The van der Waals surface area contributed by atoms with Crippen LogP contribution in [0, 0.1) is 5.92 Å². The van der Waals surface area contributed by atoms with Crippen molar-refractivity contribution in [2.45, 2.75) is 45.6 Å². The minimum absolute atomic E-state index is 0.600. The molecule has 0 amide bonds. The summed E-state index contributed by atoms with van der Waals surface area (Å²) in [4.78, 5) is 0. The van der Waals surface area contributed by atoms with Crippen LogP contribution in [0.1, 0.15) is 37.0 Å². The molecule has 0 fully saturated rings. The zero-order chi connectivity index (χ0) is 13.7. The van der Waals surface area contributed by atoms with Crippen molar-refractivity contribution >= 4 is 11.8 Å². The monoisotopic (exact) mass is 277 g/mol. The van der Waals surface area contributed by atoms with Gasteiger partial charge < -0.3 is 5.32 Å². The summed E-state index contributed by atoms with van der Waals surface area (Å²) in [5.74, 6) is 3.27. The molecule has 1 N–H and O–H groups in total. The van der Waals surface area contributed by atoms with Gasteiger partial charge in [0, 0.05) is 11.8 Å². The number of aryl methyl sites for hydroxylation is 2. The molecule has 0 aromatic heterocycles. The first-order valence-electron chi connectivity index (χ1n) is 7.54. The molecule has 1 aliphatic rings. The average Bonchev–Trinajstić information content (AvgIpc) is 2.84. The number of benzene rings is 1. The van der Waals surface area contributed by atoms with Gasteiger partial charge in [0.15, 0.2) is 0 Å². The van der Waals surface area contributed by atoms with Crippen LogP contribution in [0.25, 0.3) is 0 Å². The van der Waals surface area contributed by atoms with Crippen molar-refractivity contribution in [1.29, 1.82) is 0 Å². The van der Waals surface area contributed by atoms with Gasteiger partial charge in [0.25, 0.3) is 0 Å². The van der Waals surface area contributed by atoms with E-state index >= 15 is 0 Å². The largest absolute Gasteiger partial charge is 0.316 e. The maximum absolute atomic E-state index is 3.47. The standard InChI is InChI=1S/C17H27NS/c1-13(2)11-19-12-17(18-3)10-14-7-8-15-5-4-6-16(15)9-14/h7-9,13,17-18H,4-6,10-12H2,1-3H3. The van der Waals surface area contributed by atoms with E-state index in [0.29, 0.717) is 6.04 Å². The van der Waals surface area contributed by atoms with Crippen LogP contribution < -0.4 is 5.32 Å². The normalized spacial score (nSPS) is 15.8. The Bertz CT molecular complexity index is 400. The topological polar surface area (TPSA) is 12.0 Å². The first-order chi connectivity index (χ1) is 9.19. The van der Waals surface area contributed by atoms with Gasteiger partial charge in [0.2, 0.25) is 0 Å². The van der Waals surface area contributed by atoms with Crippen LogP contribution in [0.15, 0.2) is 18.2 Å². The highest BCUT2D eigenvalue weighted by molar-refractivity contribution is 7.99. The van der Waals surface area contributed by atoms with E-state index in [1.807, 2.05) is 0 Å². The molecule has 1 unspecified atom stereocenters. The molecule has 0 radical (unpaired) electrons. The van der Waals surface area contributed by atoms with Crippen molar-refractivity contribution in [3.8, 4) is 0 Å². The van der Waals surface area contributed by atoms with Crippen molar-refractivity contribution in [3.05, 3.63) is 34.9 Å². The first-order valence-corrected chi connectivity index (χ1v) is 8.70. The Morgan fingerprint density at radius 3 is 2.68 bits per heavy atom. The molecule has 2 rings (SSSR count). The van der Waals surface area contributed by atoms with Crippen LogP contribution >= 0.6 is 11.8 Å². The number of fused-ring (bicyclic) bond motifs is 1. The number of rotatable bonds is 7. The molecule has 0 saturated carbocycles. The van der Waals surface area contributed by atoms with Gasteiger partial charge in [-0.2, -0.15) is 11.8 Å². The minimum Gasteiger partial charge on any atom is -0.316 e. The molecule has 0 saturated heterocycles. The number of nitrogens with one attached hydrogen (secondary N) is 1. The highest BCUT2D eigenvalue weighted by Crippen LogP contribution is 2.23. The summed E-state index contributed by atoms with van der Waals surface area (Å²) in [6.07, 6.45) is 5.08. The maximum Gasteiger partial charge on any atom is 0.0195 e. The zero-order valence-corrected chi connectivity index (χ0v) is 13.4. The third kappa shape index (κ3) is 4.54. The lowest BCUT2D eigenvalue weighted by Gasteiger charge is -2.17. The molecule has 0 spiro atoms. The van der Waals surface area contributed by atoms with E-state index in [1.54, 1.807) is 11.1 Å². The quantitative estimate of drug-likeness (QED) is 0.815. The Balaban J connectivity index is 1.87. The highest BCUT2D eigenvalue weighted by atomic mass is 32.2. The van der Waals surface area contributed by atoms with Crippen LogP contribution in [-0.4, -0.2) is 24.6 Å². The van der Waals surface area contributed by atoms with E-state index in [0.717, 1.165) is 12.3 Å². The molecule has 19 heavy (non-hydrogen) atoms. The molecule has 1 aromatic rings. The van der Waals surface area contributed by atoms with Crippen molar-refractivity contribution in [2.24, 2.45) is 5.92 Å². The Labute approximate surface area is 122 Å². The fourth-order valence-electron chi connectivity index (χ4n) is 2.73. The van der Waals surface area contributed by atoms with Gasteiger partial charge >= 0.3 is 0 Å². The summed E-state index contributed by atoms with van der Waals surface area (Å²) in [5, 5.41) is 3.47. The van der Waals surface area contributed by atoms with Crippen molar-refractivity contribution in [2.75, 3.05) is 18.6 Å². The molecule has 2 heteroatoms. The second-order valence-electron chi connectivity index (χ2n) is 6.08. The third-order valence-corrected chi connectivity index (χ3v) is 5.36. The predicted octanol–water partition coefficient (Wildman–Crippen LogP) is 3.70. The SMILES string of the molecule is CNC(CSCC(C)C)Cc1ccc2c(c1)CCC2. The van der Waals surface area contributed by atoms with E-state index in [-0.39, 0.29) is 0 Å². The van der Waals surface area contributed by atoms with E-state index in [1.165, 1.54) is 36.3 Å². The Morgan fingerprint density at radius 1 is 1.16 bits per heavy atom. The smallest absolute Gasteiger partial charge is 0.0195 e. The minimum atomic E-state index is 0.600. The second kappa shape index (κ2) is 7.35. The van der Waals surface area contributed by atoms with E-state index in [9.17, 15) is 0 Å². The Hall–Kier alpha value is -0.470. The van der Waals surface area contributed by atoms with Gasteiger partial charge in [0.05, 0.1) is 0 Å². The summed E-state index contributed by atoms with van der Waals surface area (Å²) in [7, 11) is 2.09. The van der Waals surface area contributed by atoms with Gasteiger partial charge in [-0.05, 0) is 61.1 Å². The molecular weight excluding hydrogens is 250 g/mol. The van der Waals surface area contributed by atoms with Crippen LogP contribution in [0.4, 0.5) is 0 Å². The van der Waals surface area contributed by atoms with Crippen molar-refractivity contribution < 1.29 is 0 Å². The molecule has 0 aliphatic heterocycles. The summed E-state index contributed by atoms with van der Waals surface area (Å²) in [5.41, 5.74) is 4.69. The van der Waals surface area contributed by atoms with Gasteiger partial charge in [0.1, 0.15) is 0 Å². The predicted molar refractivity (Wildman–Crippen MR) is 87.2 cm³/mol. The molecule has 1 aromatic carbocycles. The first kappa shape index (κ1) is 14.9. The third-order valence-electron chi connectivity index (χ3n) is 3.82. The molecule has 1 nitrogen and oxygen atoms in total. The van der Waals surface area contributed by atoms with E-state index in [2.05, 4.69) is 56.2 Å². The Kier molecular flexibility index (Phi) is 5.77. The Morgan fingerprint density at radius 2 is 1.95 bits per heavy atom. The number of likely N-dealkylation sites (N-methyl/N-ethyl adjacent to an activating group) is 1. The van der Waals surface area contributed by atoms with E-state index in [4.69, 9.17) is 0 Å². The van der Waals surface area contributed by atoms with Crippen LogP contribution in [0.3, 0.4) is 0 Å². The molecular formula is C17H27NS. The summed E-state index contributed by atoms with van der Waals surface area (Å²) >= 11 is 2.08. The lowest BCUT2D eigenvalue weighted by Crippen LogP contribution is -2.30. The van der Waals surface area contributed by atoms with Crippen LogP contribution in [0.2, 0.25) is 0 Å². The summed E-state index contributed by atoms with van der Waals surface area (Å²) in [6.45, 7) is 4.59. The average molecular weight is 277 g/mol. The lowest BCUT2D eigenvalue weighted by molar-refractivity contribution is 0.615. The highest BCUT2D eigenvalue weighted by Gasteiger charge is 2.13. The van der Waals surface area contributed by atoms with Crippen molar-refractivity contribution in [3.63, 3.8) is 0 Å². The fraction of sp³-hybridized carbons (Fsp3) is 0.647. The van der Waals surface area contributed by atoms with E-state index < -0.39 is 0 Å². The number of hydrogen-bond donors (Lipinski definition) is 1. The fourth-order valence-corrected chi connectivity index (χ4v) is 3.90. The number of thioether (sulfide) groups is 1. The second-order valence-corrected chi connectivity index (χ2v) is 7.15. The molecule has 1 atom stereocenters. The zero-order valence-electron chi connectivity index (χ0n) is 12.5. The molecule has 106 valence electrons. The van der Waals surface area contributed by atoms with Gasteiger partial charge in [-0.15, -0.1) is 0 Å². The summed E-state index contributed by atoms with van der Waals surface area (Å²) < 4.78 is 0. The van der Waals surface area contributed by atoms with Gasteiger partial charge in [-0.1, -0.05) is 32.0 Å². The van der Waals surface area contributed by atoms with Gasteiger partial charge in [-0.25, -0.2) is 0 Å². The molecule has 0 bridgehead atoms. The lowest BCUT2D eigenvalue weighted by atomic mass is 10.0. The molecule has 0 heterocycles. The summed E-state index contributed by atoms with van der Waals surface area (Å²) in [6, 6.07) is 7.73. The van der Waals surface area contributed by atoms with Crippen LogP contribution in [0.5, 0.6) is 0 Å². The van der Waals surface area contributed by atoms with Crippen molar-refractivity contribution in [1.82, 2.24) is 5.32 Å². The maximum atomic E-state index is 3.47.